The van der Waals surface area contributed by atoms with Crippen molar-refractivity contribution in [3.8, 4) is 0 Å². The molecule has 0 heterocycles. The Balaban J connectivity index is 0.00000289. The molecule has 1 aromatic rings. The Kier molecular flexibility index (Phi) is 7.41. The summed E-state index contributed by atoms with van der Waals surface area (Å²) in [7, 11) is 0. The minimum Gasteiger partial charge on any atom is -0.353 e. The van der Waals surface area contributed by atoms with Gasteiger partial charge in [0.1, 0.15) is 12.6 Å². The molecule has 7 nitrogen and oxygen atoms in total. The highest BCUT2D eigenvalue weighted by molar-refractivity contribution is 5.85. The highest BCUT2D eigenvalue weighted by Crippen LogP contribution is 2.08. The van der Waals surface area contributed by atoms with Gasteiger partial charge in [-0.2, -0.15) is 0 Å². The number of carbonyl (C=O) groups is 1. The molecule has 1 aromatic carbocycles. The van der Waals surface area contributed by atoms with E-state index in [1.54, 1.807) is 24.3 Å². The largest absolute Gasteiger partial charge is 0.353 e. The molecule has 0 radical (unpaired) electrons. The highest BCUT2D eigenvalue weighted by Gasteiger charge is 2.14. The maximum atomic E-state index is 11.5. The van der Waals surface area contributed by atoms with Crippen molar-refractivity contribution in [2.24, 2.45) is 5.73 Å². The van der Waals surface area contributed by atoms with Crippen LogP contribution in [0.2, 0.25) is 0 Å². The first kappa shape index (κ1) is 16.1. The van der Waals surface area contributed by atoms with Crippen LogP contribution in [0.1, 0.15) is 11.6 Å². The molecule has 1 atom stereocenters. The molecule has 18 heavy (non-hydrogen) atoms. The summed E-state index contributed by atoms with van der Waals surface area (Å²) in [5.41, 5.74) is 6.37. The summed E-state index contributed by atoms with van der Waals surface area (Å²) in [6.45, 7) is -0.152. The van der Waals surface area contributed by atoms with Gasteiger partial charge in [-0.25, -0.2) is 0 Å². The maximum Gasteiger partial charge on any atom is 0.294 e. The van der Waals surface area contributed by atoms with Gasteiger partial charge in [-0.15, -0.1) is 22.5 Å². The number of benzene rings is 1. The van der Waals surface area contributed by atoms with E-state index in [0.29, 0.717) is 5.56 Å². The van der Waals surface area contributed by atoms with Crippen LogP contribution in [0, 0.1) is 10.1 Å². The quantitative estimate of drug-likeness (QED) is 0.445. The third-order valence-corrected chi connectivity index (χ3v) is 2.04. The zero-order valence-corrected chi connectivity index (χ0v) is 10.3. The summed E-state index contributed by atoms with van der Waals surface area (Å²) in [4.78, 5) is 25.4. The number of nitrogens with zero attached hydrogens (tertiary/aromatic N) is 1. The van der Waals surface area contributed by atoms with Crippen LogP contribution in [0.4, 0.5) is 0 Å². The molecule has 0 aliphatic rings. The van der Waals surface area contributed by atoms with Crippen molar-refractivity contribution in [1.82, 2.24) is 5.32 Å². The molecular weight excluding hydrogens is 262 g/mol. The van der Waals surface area contributed by atoms with Crippen LogP contribution < -0.4 is 11.1 Å². The molecule has 0 bridgehead atoms. The van der Waals surface area contributed by atoms with E-state index >= 15 is 0 Å². The van der Waals surface area contributed by atoms with E-state index in [2.05, 4.69) is 10.2 Å². The van der Waals surface area contributed by atoms with Gasteiger partial charge in [-0.3, -0.25) is 4.79 Å². The van der Waals surface area contributed by atoms with Crippen molar-refractivity contribution >= 4 is 18.3 Å². The van der Waals surface area contributed by atoms with Crippen LogP contribution in [0.15, 0.2) is 30.3 Å². The topological polar surface area (TPSA) is 107 Å². The normalized spacial score (nSPS) is 10.9. The van der Waals surface area contributed by atoms with Crippen molar-refractivity contribution in [2.45, 2.75) is 6.04 Å². The van der Waals surface area contributed by atoms with Crippen molar-refractivity contribution in [3.05, 3.63) is 46.0 Å². The monoisotopic (exact) mass is 275 g/mol. The number of amides is 1. The molecule has 3 N–H and O–H groups in total. The average Bonchev–Trinajstić information content (AvgIpc) is 2.34. The molecule has 0 fully saturated rings. The Morgan fingerprint density at radius 2 is 2.06 bits per heavy atom. The Bertz CT molecular complexity index is 388. The average molecular weight is 276 g/mol. The fraction of sp³-hybridized carbons (Fsp3) is 0.300. The van der Waals surface area contributed by atoms with Crippen LogP contribution in [-0.4, -0.2) is 24.1 Å². The number of nitrogens with one attached hydrogen (secondary N) is 1. The van der Waals surface area contributed by atoms with Crippen LogP contribution in [0.3, 0.4) is 0 Å². The Hall–Kier alpha value is -1.86. The molecule has 1 rings (SSSR count). The summed E-state index contributed by atoms with van der Waals surface area (Å²) >= 11 is 0. The van der Waals surface area contributed by atoms with E-state index in [-0.39, 0.29) is 25.6 Å². The predicted octanol–water partition coefficient (Wildman–Crippen LogP) is 0.433. The standard InChI is InChI=1S/C10H13N3O4.ClH/c11-9(8-4-2-1-3-5-8)10(14)12-6-7-17-13(15)16;/h1-5,9H,6-7,11H2,(H,12,14);1H/t9-;/m0./s1. The SMILES string of the molecule is Cl.N[C@H](C(=O)NCCO[N+](=O)[O-])c1ccccc1. The lowest BCUT2D eigenvalue weighted by atomic mass is 10.1. The van der Waals surface area contributed by atoms with Crippen LogP contribution in [0.5, 0.6) is 0 Å². The predicted molar refractivity (Wildman–Crippen MR) is 66.6 cm³/mol. The fourth-order valence-corrected chi connectivity index (χ4v) is 1.22. The third-order valence-electron chi connectivity index (χ3n) is 2.04. The van der Waals surface area contributed by atoms with Crippen molar-refractivity contribution < 1.29 is 14.7 Å². The number of nitrogens with two attached hydrogens (primary N) is 1. The summed E-state index contributed by atoms with van der Waals surface area (Å²) in [5.74, 6) is -0.400. The molecule has 100 valence electrons. The van der Waals surface area contributed by atoms with E-state index in [0.717, 1.165) is 0 Å². The summed E-state index contributed by atoms with van der Waals surface area (Å²) < 4.78 is 0. The molecule has 0 aliphatic heterocycles. The third kappa shape index (κ3) is 5.46. The number of halogens is 1. The van der Waals surface area contributed by atoms with Gasteiger partial charge in [0.25, 0.3) is 5.09 Å². The molecule has 0 aromatic heterocycles. The molecule has 0 saturated heterocycles. The van der Waals surface area contributed by atoms with Crippen molar-refractivity contribution in [1.29, 1.82) is 0 Å². The second kappa shape index (κ2) is 8.26. The number of rotatable bonds is 6. The van der Waals surface area contributed by atoms with Crippen molar-refractivity contribution in [2.75, 3.05) is 13.2 Å². The minimum atomic E-state index is -0.913. The second-order valence-electron chi connectivity index (χ2n) is 3.24. The van der Waals surface area contributed by atoms with E-state index in [1.807, 2.05) is 6.07 Å². The van der Waals surface area contributed by atoms with Crippen LogP contribution in [-0.2, 0) is 9.63 Å². The van der Waals surface area contributed by atoms with E-state index in [4.69, 9.17) is 5.73 Å². The number of hydrogen-bond donors (Lipinski definition) is 2. The van der Waals surface area contributed by atoms with Gasteiger partial charge in [0, 0.05) is 6.54 Å². The van der Waals surface area contributed by atoms with E-state index in [1.165, 1.54) is 0 Å². The Labute approximate surface area is 110 Å². The number of hydrogen-bond acceptors (Lipinski definition) is 5. The molecular formula is C10H14ClN3O4. The second-order valence-corrected chi connectivity index (χ2v) is 3.24. The zero-order chi connectivity index (χ0) is 12.7. The maximum absolute atomic E-state index is 11.5. The van der Waals surface area contributed by atoms with Gasteiger partial charge in [-0.1, -0.05) is 30.3 Å². The van der Waals surface area contributed by atoms with Gasteiger partial charge < -0.3 is 15.9 Å². The van der Waals surface area contributed by atoms with Gasteiger partial charge in [0.15, 0.2) is 0 Å². The zero-order valence-electron chi connectivity index (χ0n) is 9.44. The lowest BCUT2D eigenvalue weighted by Crippen LogP contribution is -2.36. The summed E-state index contributed by atoms with van der Waals surface area (Å²) in [6.07, 6.45) is 0. The first-order valence-corrected chi connectivity index (χ1v) is 4.97. The van der Waals surface area contributed by atoms with Gasteiger partial charge in [0.05, 0.1) is 0 Å². The van der Waals surface area contributed by atoms with Gasteiger partial charge in [-0.05, 0) is 5.56 Å². The van der Waals surface area contributed by atoms with Crippen LogP contribution in [0.25, 0.3) is 0 Å². The number of carbonyl (C=O) groups excluding carboxylic acids is 1. The first-order valence-electron chi connectivity index (χ1n) is 4.97. The molecule has 8 heteroatoms. The van der Waals surface area contributed by atoms with Crippen LogP contribution >= 0.6 is 12.4 Å². The van der Waals surface area contributed by atoms with Crippen molar-refractivity contribution in [3.63, 3.8) is 0 Å². The Morgan fingerprint density at radius 3 is 2.61 bits per heavy atom. The fourth-order valence-electron chi connectivity index (χ4n) is 1.22. The lowest BCUT2D eigenvalue weighted by molar-refractivity contribution is -0.757. The summed E-state index contributed by atoms with van der Waals surface area (Å²) in [5, 5.41) is 11.4. The smallest absolute Gasteiger partial charge is 0.294 e. The Morgan fingerprint density at radius 1 is 1.44 bits per heavy atom. The lowest BCUT2D eigenvalue weighted by Gasteiger charge is -2.11. The van der Waals surface area contributed by atoms with Gasteiger partial charge >= 0.3 is 0 Å². The first-order chi connectivity index (χ1) is 8.11. The van der Waals surface area contributed by atoms with Gasteiger partial charge in [0.2, 0.25) is 5.91 Å². The molecule has 0 spiro atoms. The minimum absolute atomic E-state index is 0. The summed E-state index contributed by atoms with van der Waals surface area (Å²) in [6, 6.07) is 8.05. The molecule has 0 unspecified atom stereocenters. The van der Waals surface area contributed by atoms with E-state index < -0.39 is 17.0 Å². The molecule has 0 saturated carbocycles. The molecule has 1 amide bonds. The van der Waals surface area contributed by atoms with E-state index in [9.17, 15) is 14.9 Å². The molecule has 0 aliphatic carbocycles. The highest BCUT2D eigenvalue weighted by atomic mass is 35.5.